The molecule has 0 aliphatic rings. The number of rotatable bonds is 9. The lowest BCUT2D eigenvalue weighted by Gasteiger charge is -2.24. The van der Waals surface area contributed by atoms with Crippen LogP contribution in [0.25, 0.3) is 0 Å². The summed E-state index contributed by atoms with van der Waals surface area (Å²) in [5.74, 6) is 1.40. The van der Waals surface area contributed by atoms with Crippen LogP contribution in [0.15, 0.2) is 72.8 Å². The molecule has 0 aromatic heterocycles. The van der Waals surface area contributed by atoms with Crippen LogP contribution in [0.3, 0.4) is 0 Å². The number of nitrogens with one attached hydrogen (secondary N) is 3. The van der Waals surface area contributed by atoms with Crippen LogP contribution in [0, 0.1) is 0 Å². The fourth-order valence-electron chi connectivity index (χ4n) is 3.16. The number of urea groups is 2. The zero-order chi connectivity index (χ0) is 24.3. The van der Waals surface area contributed by atoms with Crippen LogP contribution in [0.2, 0.25) is 5.02 Å². The summed E-state index contributed by atoms with van der Waals surface area (Å²) in [6, 6.07) is 20.5. The van der Waals surface area contributed by atoms with E-state index in [4.69, 9.17) is 21.1 Å². The Kier molecular flexibility index (Phi) is 8.99. The van der Waals surface area contributed by atoms with Gasteiger partial charge < -0.3 is 25.4 Å². The van der Waals surface area contributed by atoms with Gasteiger partial charge in [-0.15, -0.1) is 0 Å². The van der Waals surface area contributed by atoms with Crippen molar-refractivity contribution < 1.29 is 19.1 Å². The smallest absolute Gasteiger partial charge is 0.326 e. The second kappa shape index (κ2) is 12.4. The molecule has 0 spiro atoms. The first-order valence-corrected chi connectivity index (χ1v) is 11.0. The van der Waals surface area contributed by atoms with E-state index in [1.165, 1.54) is 0 Å². The Labute approximate surface area is 203 Å². The van der Waals surface area contributed by atoms with Gasteiger partial charge in [0.15, 0.2) is 0 Å². The molecule has 9 heteroatoms. The van der Waals surface area contributed by atoms with Crippen molar-refractivity contribution in [2.24, 2.45) is 0 Å². The zero-order valence-electron chi connectivity index (χ0n) is 19.0. The van der Waals surface area contributed by atoms with E-state index < -0.39 is 0 Å². The van der Waals surface area contributed by atoms with Gasteiger partial charge in [-0.2, -0.15) is 0 Å². The molecule has 34 heavy (non-hydrogen) atoms. The quantitative estimate of drug-likeness (QED) is 0.346. The molecule has 0 bridgehead atoms. The predicted octanol–water partition coefficient (Wildman–Crippen LogP) is 5.61. The van der Waals surface area contributed by atoms with Gasteiger partial charge in [0, 0.05) is 35.2 Å². The number of hydrogen-bond acceptors (Lipinski definition) is 4. The fourth-order valence-corrected chi connectivity index (χ4v) is 3.35. The molecule has 0 unspecified atom stereocenters. The molecule has 0 saturated heterocycles. The number of halogens is 1. The lowest BCUT2D eigenvalue weighted by Crippen LogP contribution is -2.38. The topological polar surface area (TPSA) is 91.9 Å². The fraction of sp³-hybridized carbons (Fsp3) is 0.200. The van der Waals surface area contributed by atoms with Crippen molar-refractivity contribution in [2.75, 3.05) is 42.8 Å². The van der Waals surface area contributed by atoms with Gasteiger partial charge in [-0.05, 0) is 73.2 Å². The molecule has 3 aromatic rings. The molecule has 0 aliphatic carbocycles. The van der Waals surface area contributed by atoms with Gasteiger partial charge in [0.05, 0.1) is 14.2 Å². The number of anilines is 3. The molecular formula is C25H27ClN4O4. The Balaban J connectivity index is 1.58. The molecule has 3 N–H and O–H groups in total. The van der Waals surface area contributed by atoms with E-state index in [1.807, 2.05) is 0 Å². The van der Waals surface area contributed by atoms with E-state index in [2.05, 4.69) is 16.0 Å². The number of methoxy groups -OCH3 is 2. The van der Waals surface area contributed by atoms with Crippen molar-refractivity contribution in [1.82, 2.24) is 5.32 Å². The molecule has 3 rings (SSSR count). The number of carbonyl (C=O) groups is 2. The minimum absolute atomic E-state index is 0.310. The summed E-state index contributed by atoms with van der Waals surface area (Å²) in [5.41, 5.74) is 1.94. The minimum Gasteiger partial charge on any atom is -0.497 e. The van der Waals surface area contributed by atoms with Crippen molar-refractivity contribution in [1.29, 1.82) is 0 Å². The first-order chi connectivity index (χ1) is 16.5. The molecule has 0 saturated carbocycles. The second-order valence-electron chi connectivity index (χ2n) is 7.25. The van der Waals surface area contributed by atoms with Crippen LogP contribution in [0.5, 0.6) is 11.5 Å². The van der Waals surface area contributed by atoms with Crippen molar-refractivity contribution in [3.63, 3.8) is 0 Å². The first kappa shape index (κ1) is 24.7. The molecule has 0 aliphatic heterocycles. The van der Waals surface area contributed by atoms with Gasteiger partial charge >= 0.3 is 12.1 Å². The standard InChI is InChI=1S/C25H27ClN4O4/c1-33-22-11-7-19(8-12-22)28-24(31)27-15-4-16-30(21-9-13-23(34-2)14-10-21)25(32)29-20-6-3-5-18(26)17-20/h3,5-14,17H,4,15-16H2,1-2H3,(H,29,32)(H2,27,28,31). The molecule has 0 radical (unpaired) electrons. The van der Waals surface area contributed by atoms with E-state index >= 15 is 0 Å². The summed E-state index contributed by atoms with van der Waals surface area (Å²) in [6.45, 7) is 0.751. The zero-order valence-corrected chi connectivity index (χ0v) is 19.8. The maximum absolute atomic E-state index is 13.0. The van der Waals surface area contributed by atoms with Crippen LogP contribution >= 0.6 is 11.6 Å². The summed E-state index contributed by atoms with van der Waals surface area (Å²) >= 11 is 6.03. The van der Waals surface area contributed by atoms with E-state index in [9.17, 15) is 9.59 Å². The molecule has 4 amide bonds. The van der Waals surface area contributed by atoms with Crippen molar-refractivity contribution in [3.05, 3.63) is 77.8 Å². The number of amides is 4. The minimum atomic E-state index is -0.329. The molecule has 0 heterocycles. The van der Waals surface area contributed by atoms with Gasteiger partial charge in [0.2, 0.25) is 0 Å². The number of benzene rings is 3. The van der Waals surface area contributed by atoms with E-state index in [-0.39, 0.29) is 12.1 Å². The van der Waals surface area contributed by atoms with E-state index in [0.717, 1.165) is 0 Å². The Morgan fingerprint density at radius 1 is 0.853 bits per heavy atom. The predicted molar refractivity (Wildman–Crippen MR) is 135 cm³/mol. The maximum Gasteiger partial charge on any atom is 0.326 e. The normalized spacial score (nSPS) is 10.2. The van der Waals surface area contributed by atoms with E-state index in [0.29, 0.717) is 53.1 Å². The molecular weight excluding hydrogens is 456 g/mol. The lowest BCUT2D eigenvalue weighted by molar-refractivity contribution is 0.252. The maximum atomic E-state index is 13.0. The molecule has 0 fully saturated rings. The van der Waals surface area contributed by atoms with Crippen molar-refractivity contribution in [2.45, 2.75) is 6.42 Å². The van der Waals surface area contributed by atoms with E-state index in [1.54, 1.807) is 91.9 Å². The third kappa shape index (κ3) is 7.31. The average Bonchev–Trinajstić information content (AvgIpc) is 2.84. The highest BCUT2D eigenvalue weighted by atomic mass is 35.5. The van der Waals surface area contributed by atoms with Gasteiger partial charge in [0.1, 0.15) is 11.5 Å². The Morgan fingerprint density at radius 3 is 2.12 bits per heavy atom. The Bertz CT molecular complexity index is 1090. The van der Waals surface area contributed by atoms with Crippen molar-refractivity contribution >= 4 is 40.7 Å². The lowest BCUT2D eigenvalue weighted by atomic mass is 10.2. The molecule has 0 atom stereocenters. The van der Waals surface area contributed by atoms with Crippen LogP contribution in [-0.2, 0) is 0 Å². The largest absolute Gasteiger partial charge is 0.497 e. The molecule has 8 nitrogen and oxygen atoms in total. The highest BCUT2D eigenvalue weighted by molar-refractivity contribution is 6.30. The van der Waals surface area contributed by atoms with Gasteiger partial charge in [0.25, 0.3) is 0 Å². The Hall–Kier alpha value is -3.91. The number of ether oxygens (including phenoxy) is 2. The third-order valence-electron chi connectivity index (χ3n) is 4.90. The van der Waals surface area contributed by atoms with Gasteiger partial charge in [-0.1, -0.05) is 17.7 Å². The number of hydrogen-bond donors (Lipinski definition) is 3. The SMILES string of the molecule is COc1ccc(NC(=O)NCCCN(C(=O)Nc2cccc(Cl)c2)c2ccc(OC)cc2)cc1. The van der Waals surface area contributed by atoms with Crippen LogP contribution in [0.4, 0.5) is 26.7 Å². The second-order valence-corrected chi connectivity index (χ2v) is 7.69. The number of nitrogens with zero attached hydrogens (tertiary/aromatic N) is 1. The summed E-state index contributed by atoms with van der Waals surface area (Å²) in [6.07, 6.45) is 0.533. The summed E-state index contributed by atoms with van der Waals surface area (Å²) in [7, 11) is 3.17. The number of carbonyl (C=O) groups excluding carboxylic acids is 2. The van der Waals surface area contributed by atoms with Crippen LogP contribution < -0.4 is 30.3 Å². The van der Waals surface area contributed by atoms with Gasteiger partial charge in [-0.25, -0.2) is 9.59 Å². The molecule has 3 aromatic carbocycles. The van der Waals surface area contributed by atoms with Crippen LogP contribution in [0.1, 0.15) is 6.42 Å². The average molecular weight is 483 g/mol. The monoisotopic (exact) mass is 482 g/mol. The third-order valence-corrected chi connectivity index (χ3v) is 5.13. The summed E-state index contributed by atoms with van der Waals surface area (Å²) < 4.78 is 10.3. The molecule has 178 valence electrons. The highest BCUT2D eigenvalue weighted by Gasteiger charge is 2.16. The first-order valence-electron chi connectivity index (χ1n) is 10.7. The summed E-state index contributed by atoms with van der Waals surface area (Å²) in [4.78, 5) is 26.8. The highest BCUT2D eigenvalue weighted by Crippen LogP contribution is 2.22. The Morgan fingerprint density at radius 2 is 1.50 bits per heavy atom. The summed E-state index contributed by atoms with van der Waals surface area (Å²) in [5, 5.41) is 8.96. The van der Waals surface area contributed by atoms with Crippen LogP contribution in [-0.4, -0.2) is 39.4 Å². The van der Waals surface area contributed by atoms with Gasteiger partial charge in [-0.3, -0.25) is 4.90 Å². The van der Waals surface area contributed by atoms with Crippen molar-refractivity contribution in [3.8, 4) is 11.5 Å².